The van der Waals surface area contributed by atoms with Gasteiger partial charge in [-0.1, -0.05) is 12.1 Å². The number of rotatable bonds is 3. The number of carbonyl (C=O) groups is 1. The number of carbonyl (C=O) groups excluding carboxylic acids is 1. The van der Waals surface area contributed by atoms with Crippen molar-refractivity contribution in [2.24, 2.45) is 0 Å². The van der Waals surface area contributed by atoms with Gasteiger partial charge in [0.1, 0.15) is 5.75 Å². The first kappa shape index (κ1) is 16.2. The number of ether oxygens (including phenoxy) is 4. The van der Waals surface area contributed by atoms with Crippen molar-refractivity contribution in [1.82, 2.24) is 0 Å². The van der Waals surface area contributed by atoms with Crippen LogP contribution in [0, 0.1) is 5.21 Å². The van der Waals surface area contributed by atoms with Crippen LogP contribution in [0.1, 0.15) is 10.4 Å². The summed E-state index contributed by atoms with van der Waals surface area (Å²) in [4.78, 5) is 12.3. The first-order chi connectivity index (χ1) is 12.6. The molecular weight excluding hydrogens is 342 g/mol. The van der Waals surface area contributed by atoms with Crippen LogP contribution in [0.25, 0.3) is 21.5 Å². The molecule has 0 unspecified atom stereocenters. The van der Waals surface area contributed by atoms with Gasteiger partial charge < -0.3 is 29.4 Å². The lowest BCUT2D eigenvalue weighted by molar-refractivity contribution is 0.0602. The normalized spacial score (nSPS) is 12.5. The molecule has 8 heteroatoms. The molecule has 0 bridgehead atoms. The van der Waals surface area contributed by atoms with E-state index in [0.29, 0.717) is 33.4 Å². The van der Waals surface area contributed by atoms with Gasteiger partial charge in [-0.25, -0.2) is 4.79 Å². The van der Waals surface area contributed by atoms with E-state index in [0.717, 1.165) is 0 Å². The molecule has 1 heterocycles. The van der Waals surface area contributed by atoms with Crippen LogP contribution in [-0.2, 0) is 4.74 Å². The number of fused-ring (bicyclic) bond motifs is 5. The Hall–Kier alpha value is -3.23. The molecule has 3 aromatic rings. The first-order valence-corrected chi connectivity index (χ1v) is 7.67. The topological polar surface area (TPSA) is 101 Å². The Bertz CT molecular complexity index is 1050. The highest BCUT2D eigenvalue weighted by molar-refractivity contribution is 6.23. The average molecular weight is 356 g/mol. The maximum Gasteiger partial charge on any atom is 0.338 e. The number of methoxy groups -OCH3 is 2. The molecule has 0 saturated carbocycles. The van der Waals surface area contributed by atoms with Crippen LogP contribution in [0.15, 0.2) is 30.3 Å². The molecule has 4 rings (SSSR count). The average Bonchev–Trinajstić information content (AvgIpc) is 3.13. The molecular formula is C18H14NO7-. The van der Waals surface area contributed by atoms with E-state index in [1.165, 1.54) is 26.4 Å². The Morgan fingerprint density at radius 2 is 2.00 bits per heavy atom. The number of benzene rings is 3. The molecule has 0 fully saturated rings. The number of anilines is 1. The Labute approximate surface area is 147 Å². The van der Waals surface area contributed by atoms with E-state index < -0.39 is 5.97 Å². The molecule has 134 valence electrons. The van der Waals surface area contributed by atoms with Gasteiger partial charge in [-0.2, -0.15) is 0 Å². The quantitative estimate of drug-likeness (QED) is 0.434. The minimum absolute atomic E-state index is 0.0229. The van der Waals surface area contributed by atoms with Crippen molar-refractivity contribution in [3.05, 3.63) is 41.1 Å². The summed E-state index contributed by atoms with van der Waals surface area (Å²) in [7, 11) is 2.73. The van der Waals surface area contributed by atoms with Gasteiger partial charge in [0.2, 0.25) is 6.79 Å². The van der Waals surface area contributed by atoms with Crippen LogP contribution < -0.4 is 19.4 Å². The maximum absolute atomic E-state index is 12.3. The highest BCUT2D eigenvalue weighted by Gasteiger charge is 2.27. The third-order valence-electron chi connectivity index (χ3n) is 4.37. The van der Waals surface area contributed by atoms with Gasteiger partial charge in [0, 0.05) is 16.2 Å². The SMILES string of the molecule is COC(=O)c1cc2c(c3c1c(N([O-])O)cc1c(OC)cccc13)OCO2. The van der Waals surface area contributed by atoms with Crippen LogP contribution in [-0.4, -0.2) is 32.2 Å². The lowest BCUT2D eigenvalue weighted by Gasteiger charge is -2.26. The largest absolute Gasteiger partial charge is 0.733 e. The minimum atomic E-state index is -0.668. The second kappa shape index (κ2) is 5.94. The van der Waals surface area contributed by atoms with Crippen molar-refractivity contribution < 1.29 is 28.9 Å². The van der Waals surface area contributed by atoms with Crippen molar-refractivity contribution >= 4 is 33.2 Å². The highest BCUT2D eigenvalue weighted by Crippen LogP contribution is 2.49. The second-order valence-corrected chi connectivity index (χ2v) is 5.62. The molecule has 1 aliphatic rings. The lowest BCUT2D eigenvalue weighted by Crippen LogP contribution is -2.11. The van der Waals surface area contributed by atoms with Crippen molar-refractivity contribution in [2.75, 3.05) is 26.2 Å². The predicted molar refractivity (Wildman–Crippen MR) is 93.1 cm³/mol. The van der Waals surface area contributed by atoms with Crippen LogP contribution in [0.2, 0.25) is 0 Å². The number of esters is 1. The molecule has 3 aromatic carbocycles. The highest BCUT2D eigenvalue weighted by atomic mass is 16.8. The van der Waals surface area contributed by atoms with Gasteiger partial charge in [0.15, 0.2) is 11.5 Å². The van der Waals surface area contributed by atoms with E-state index in [2.05, 4.69) is 0 Å². The molecule has 26 heavy (non-hydrogen) atoms. The monoisotopic (exact) mass is 356 g/mol. The molecule has 0 aromatic heterocycles. The van der Waals surface area contributed by atoms with Gasteiger partial charge in [0.05, 0.1) is 25.5 Å². The Kier molecular flexibility index (Phi) is 3.71. The number of hydrogen-bond acceptors (Lipinski definition) is 8. The molecule has 0 spiro atoms. The summed E-state index contributed by atoms with van der Waals surface area (Å²) >= 11 is 0. The summed E-state index contributed by atoms with van der Waals surface area (Å²) < 4.78 is 21.2. The zero-order valence-corrected chi connectivity index (χ0v) is 13.9. The van der Waals surface area contributed by atoms with Crippen molar-refractivity contribution in [3.8, 4) is 17.2 Å². The predicted octanol–water partition coefficient (Wildman–Crippen LogP) is 3.21. The summed E-state index contributed by atoms with van der Waals surface area (Å²) in [5, 5.41) is 23.2. The van der Waals surface area contributed by atoms with E-state index in [4.69, 9.17) is 18.9 Å². The summed E-state index contributed by atoms with van der Waals surface area (Å²) in [6.07, 6.45) is 0. The zero-order chi connectivity index (χ0) is 18.4. The Morgan fingerprint density at radius 3 is 2.69 bits per heavy atom. The van der Waals surface area contributed by atoms with E-state index in [9.17, 15) is 15.2 Å². The van der Waals surface area contributed by atoms with E-state index in [-0.39, 0.29) is 28.7 Å². The fourth-order valence-electron chi connectivity index (χ4n) is 3.29. The molecule has 0 radical (unpaired) electrons. The van der Waals surface area contributed by atoms with Gasteiger partial charge in [0.25, 0.3) is 0 Å². The molecule has 1 N–H and O–H groups in total. The third-order valence-corrected chi connectivity index (χ3v) is 4.37. The maximum atomic E-state index is 12.3. The molecule has 0 amide bonds. The summed E-state index contributed by atoms with van der Waals surface area (Å²) in [6.45, 7) is -0.0229. The Balaban J connectivity index is 2.28. The van der Waals surface area contributed by atoms with Gasteiger partial charge in [-0.05, 0) is 23.6 Å². The van der Waals surface area contributed by atoms with Crippen LogP contribution in [0.5, 0.6) is 17.2 Å². The van der Waals surface area contributed by atoms with Crippen molar-refractivity contribution in [3.63, 3.8) is 0 Å². The van der Waals surface area contributed by atoms with Crippen molar-refractivity contribution in [1.29, 1.82) is 0 Å². The lowest BCUT2D eigenvalue weighted by atomic mass is 9.95. The van der Waals surface area contributed by atoms with Gasteiger partial charge in [-0.15, -0.1) is 0 Å². The summed E-state index contributed by atoms with van der Waals surface area (Å²) in [5.41, 5.74) is -0.0444. The number of nitrogens with zero attached hydrogens (tertiary/aromatic N) is 1. The standard InChI is InChI=1S/C18H14NO7/c1-23-13-5-3-4-9-10(13)6-12(19(21)22)15-11(18(20)24-2)7-14-17(16(9)15)26-8-25-14/h3-7,21H,8H2,1-2H3/q-1. The van der Waals surface area contributed by atoms with E-state index >= 15 is 0 Å². The molecule has 1 aliphatic heterocycles. The number of hydrogen-bond donors (Lipinski definition) is 1. The Morgan fingerprint density at radius 1 is 1.19 bits per heavy atom. The molecule has 0 atom stereocenters. The molecule has 0 aliphatic carbocycles. The third kappa shape index (κ3) is 2.20. The zero-order valence-electron chi connectivity index (χ0n) is 13.9. The minimum Gasteiger partial charge on any atom is -0.733 e. The summed E-state index contributed by atoms with van der Waals surface area (Å²) in [5.74, 6) is 0.575. The van der Waals surface area contributed by atoms with E-state index in [1.807, 2.05) is 0 Å². The van der Waals surface area contributed by atoms with Crippen LogP contribution in [0.4, 0.5) is 5.69 Å². The smallest absolute Gasteiger partial charge is 0.338 e. The second-order valence-electron chi connectivity index (χ2n) is 5.62. The first-order valence-electron chi connectivity index (χ1n) is 7.67. The molecule has 0 saturated heterocycles. The van der Waals surface area contributed by atoms with Crippen LogP contribution >= 0.6 is 0 Å². The van der Waals surface area contributed by atoms with Crippen molar-refractivity contribution in [2.45, 2.75) is 0 Å². The molecule has 8 nitrogen and oxygen atoms in total. The van der Waals surface area contributed by atoms with Gasteiger partial charge in [-0.3, -0.25) is 5.21 Å². The van der Waals surface area contributed by atoms with Gasteiger partial charge >= 0.3 is 5.97 Å². The van der Waals surface area contributed by atoms with Crippen LogP contribution in [0.3, 0.4) is 0 Å². The fraction of sp³-hybridized carbons (Fsp3) is 0.167. The van der Waals surface area contributed by atoms with E-state index in [1.54, 1.807) is 18.2 Å². The summed E-state index contributed by atoms with van der Waals surface area (Å²) in [6, 6.07) is 8.21. The fourth-order valence-corrected chi connectivity index (χ4v) is 3.29.